The van der Waals surface area contributed by atoms with Crippen molar-refractivity contribution in [2.45, 2.75) is 19.4 Å². The summed E-state index contributed by atoms with van der Waals surface area (Å²) < 4.78 is 10.2. The molecule has 0 spiro atoms. The quantitative estimate of drug-likeness (QED) is 0.552. The van der Waals surface area contributed by atoms with E-state index in [4.69, 9.17) is 9.47 Å². The molecule has 0 bridgehead atoms. The van der Waals surface area contributed by atoms with E-state index in [-0.39, 0.29) is 13.0 Å². The Morgan fingerprint density at radius 2 is 1.62 bits per heavy atom. The minimum Gasteiger partial charge on any atom is -0.484 e. The number of nitrogens with one attached hydrogen (secondary N) is 1. The van der Waals surface area contributed by atoms with Crippen molar-refractivity contribution in [1.82, 2.24) is 5.32 Å². The second kappa shape index (κ2) is 9.22. The molecule has 0 saturated carbocycles. The molecule has 0 radical (unpaired) electrons. The zero-order valence-electron chi connectivity index (χ0n) is 14.2. The summed E-state index contributed by atoms with van der Waals surface area (Å²) in [5.74, 6) is -1.34. The van der Waals surface area contributed by atoms with Crippen molar-refractivity contribution in [2.24, 2.45) is 0 Å². The molecule has 0 heterocycles. The van der Waals surface area contributed by atoms with Crippen LogP contribution in [0.3, 0.4) is 0 Å². The van der Waals surface area contributed by atoms with Crippen LogP contribution in [-0.2, 0) is 20.8 Å². The van der Waals surface area contributed by atoms with Gasteiger partial charge in [0, 0.05) is 13.3 Å². The van der Waals surface area contributed by atoms with Crippen LogP contribution < -0.4 is 14.8 Å². The van der Waals surface area contributed by atoms with Gasteiger partial charge in [0.15, 0.2) is 6.61 Å². The van der Waals surface area contributed by atoms with Gasteiger partial charge in [-0.25, -0.2) is 4.79 Å². The summed E-state index contributed by atoms with van der Waals surface area (Å²) in [5, 5.41) is 11.7. The predicted molar refractivity (Wildman–Crippen MR) is 93.0 cm³/mol. The molecule has 0 aliphatic rings. The number of hydrogen-bond acceptors (Lipinski definition) is 5. The molecule has 0 saturated heterocycles. The average molecular weight is 357 g/mol. The van der Waals surface area contributed by atoms with Gasteiger partial charge in [-0.2, -0.15) is 0 Å². The number of carbonyl (C=O) groups is 3. The minimum absolute atomic E-state index is 0.180. The first-order valence-electron chi connectivity index (χ1n) is 7.91. The molecule has 1 amide bonds. The first kappa shape index (κ1) is 19.0. The second-order valence-electron chi connectivity index (χ2n) is 5.50. The minimum atomic E-state index is -1.12. The van der Waals surface area contributed by atoms with Gasteiger partial charge in [-0.3, -0.25) is 9.59 Å². The van der Waals surface area contributed by atoms with Gasteiger partial charge in [-0.1, -0.05) is 30.3 Å². The standard InChI is InChI=1S/C19H19NO6/c1-13(21)26-16-9-7-15(8-10-16)25-12-18(22)20-17(19(23)24)11-14-5-3-2-4-6-14/h2-10,17H,11-12H2,1H3,(H,20,22)(H,23,24). The molecule has 136 valence electrons. The van der Waals surface area contributed by atoms with Crippen LogP contribution >= 0.6 is 0 Å². The van der Waals surface area contributed by atoms with Crippen molar-refractivity contribution >= 4 is 17.8 Å². The summed E-state index contributed by atoms with van der Waals surface area (Å²) in [6, 6.07) is 14.1. The van der Waals surface area contributed by atoms with E-state index in [1.807, 2.05) is 6.07 Å². The van der Waals surface area contributed by atoms with E-state index in [0.717, 1.165) is 5.56 Å². The monoisotopic (exact) mass is 357 g/mol. The molecule has 7 nitrogen and oxygen atoms in total. The molecule has 7 heteroatoms. The molecule has 2 aromatic rings. The maximum absolute atomic E-state index is 12.0. The summed E-state index contributed by atoms with van der Waals surface area (Å²) in [7, 11) is 0. The van der Waals surface area contributed by atoms with Crippen LogP contribution in [0.25, 0.3) is 0 Å². The Kier molecular flexibility index (Phi) is 6.73. The molecule has 2 aromatic carbocycles. The van der Waals surface area contributed by atoms with Gasteiger partial charge in [-0.05, 0) is 29.8 Å². The van der Waals surface area contributed by atoms with Crippen LogP contribution in [0.15, 0.2) is 54.6 Å². The molecular formula is C19H19NO6. The molecule has 2 rings (SSSR count). The highest BCUT2D eigenvalue weighted by Crippen LogP contribution is 2.17. The van der Waals surface area contributed by atoms with Gasteiger partial charge in [0.25, 0.3) is 5.91 Å². The van der Waals surface area contributed by atoms with Gasteiger partial charge in [0.1, 0.15) is 17.5 Å². The van der Waals surface area contributed by atoms with Crippen molar-refractivity contribution in [3.8, 4) is 11.5 Å². The number of carboxylic acid groups (broad SMARTS) is 1. The maximum atomic E-state index is 12.0. The number of ether oxygens (including phenoxy) is 2. The van der Waals surface area contributed by atoms with E-state index in [1.54, 1.807) is 36.4 Å². The number of aliphatic carboxylic acids is 1. The lowest BCUT2D eigenvalue weighted by molar-refractivity contribution is -0.142. The smallest absolute Gasteiger partial charge is 0.326 e. The Balaban J connectivity index is 1.86. The third kappa shape index (κ3) is 6.27. The molecule has 26 heavy (non-hydrogen) atoms. The van der Waals surface area contributed by atoms with Gasteiger partial charge < -0.3 is 19.9 Å². The van der Waals surface area contributed by atoms with Crippen molar-refractivity contribution in [3.05, 3.63) is 60.2 Å². The summed E-state index contributed by atoms with van der Waals surface area (Å²) in [5.41, 5.74) is 0.808. The zero-order valence-corrected chi connectivity index (χ0v) is 14.2. The largest absolute Gasteiger partial charge is 0.484 e. The molecule has 0 aromatic heterocycles. The van der Waals surface area contributed by atoms with E-state index in [2.05, 4.69) is 5.32 Å². The summed E-state index contributed by atoms with van der Waals surface area (Å²) in [4.78, 5) is 34.2. The van der Waals surface area contributed by atoms with E-state index >= 15 is 0 Å². The highest BCUT2D eigenvalue weighted by Gasteiger charge is 2.20. The highest BCUT2D eigenvalue weighted by atomic mass is 16.5. The third-order valence-corrected chi connectivity index (χ3v) is 3.37. The van der Waals surface area contributed by atoms with Crippen molar-refractivity contribution < 1.29 is 29.0 Å². The zero-order chi connectivity index (χ0) is 18.9. The average Bonchev–Trinajstić information content (AvgIpc) is 2.61. The highest BCUT2D eigenvalue weighted by molar-refractivity contribution is 5.84. The Hall–Kier alpha value is -3.35. The Morgan fingerprint density at radius 3 is 2.19 bits per heavy atom. The Labute approximate surface area is 150 Å². The Bertz CT molecular complexity index is 757. The van der Waals surface area contributed by atoms with Gasteiger partial charge in [0.2, 0.25) is 0 Å². The summed E-state index contributed by atoms with van der Waals surface area (Å²) in [6.07, 6.45) is 0.180. The van der Waals surface area contributed by atoms with Gasteiger partial charge in [0.05, 0.1) is 0 Å². The molecule has 1 unspecified atom stereocenters. The number of carboxylic acids is 1. The molecule has 0 aliphatic heterocycles. The first-order chi connectivity index (χ1) is 12.4. The SMILES string of the molecule is CC(=O)Oc1ccc(OCC(=O)NC(Cc2ccccc2)C(=O)O)cc1. The fraction of sp³-hybridized carbons (Fsp3) is 0.211. The topological polar surface area (TPSA) is 102 Å². The summed E-state index contributed by atoms with van der Waals surface area (Å²) in [6.45, 7) is 0.967. The number of carbonyl (C=O) groups excluding carboxylic acids is 2. The lowest BCUT2D eigenvalue weighted by Gasteiger charge is -2.15. The molecule has 0 fully saturated rings. The third-order valence-electron chi connectivity index (χ3n) is 3.37. The van der Waals surface area contributed by atoms with Crippen molar-refractivity contribution in [2.75, 3.05) is 6.61 Å². The number of amides is 1. The predicted octanol–water partition coefficient (Wildman–Crippen LogP) is 1.80. The number of hydrogen-bond donors (Lipinski definition) is 2. The van der Waals surface area contributed by atoms with E-state index in [0.29, 0.717) is 11.5 Å². The Morgan fingerprint density at radius 1 is 1.00 bits per heavy atom. The normalized spacial score (nSPS) is 11.3. The number of rotatable bonds is 8. The van der Waals surface area contributed by atoms with Gasteiger partial charge in [-0.15, -0.1) is 0 Å². The first-order valence-corrected chi connectivity index (χ1v) is 7.91. The number of esters is 1. The fourth-order valence-electron chi connectivity index (χ4n) is 2.20. The lowest BCUT2D eigenvalue weighted by Crippen LogP contribution is -2.44. The summed E-state index contributed by atoms with van der Waals surface area (Å²) >= 11 is 0. The van der Waals surface area contributed by atoms with Crippen LogP contribution in [0.2, 0.25) is 0 Å². The van der Waals surface area contributed by atoms with Crippen LogP contribution in [-0.4, -0.2) is 35.6 Å². The number of benzene rings is 2. The maximum Gasteiger partial charge on any atom is 0.326 e. The van der Waals surface area contributed by atoms with E-state index in [9.17, 15) is 19.5 Å². The molecule has 2 N–H and O–H groups in total. The van der Waals surface area contributed by atoms with E-state index < -0.39 is 23.9 Å². The molecular weight excluding hydrogens is 338 g/mol. The van der Waals surface area contributed by atoms with Crippen LogP contribution in [0.5, 0.6) is 11.5 Å². The van der Waals surface area contributed by atoms with Gasteiger partial charge >= 0.3 is 11.9 Å². The fourth-order valence-corrected chi connectivity index (χ4v) is 2.20. The second-order valence-corrected chi connectivity index (χ2v) is 5.50. The van der Waals surface area contributed by atoms with Crippen molar-refractivity contribution in [3.63, 3.8) is 0 Å². The van der Waals surface area contributed by atoms with Crippen molar-refractivity contribution in [1.29, 1.82) is 0 Å². The van der Waals surface area contributed by atoms with Crippen LogP contribution in [0, 0.1) is 0 Å². The molecule has 1 atom stereocenters. The lowest BCUT2D eigenvalue weighted by atomic mass is 10.1. The van der Waals surface area contributed by atoms with Crippen LogP contribution in [0.4, 0.5) is 0 Å². The molecule has 0 aliphatic carbocycles. The van der Waals surface area contributed by atoms with E-state index in [1.165, 1.54) is 19.1 Å². The van der Waals surface area contributed by atoms with Crippen LogP contribution in [0.1, 0.15) is 12.5 Å².